The van der Waals surface area contributed by atoms with Gasteiger partial charge >= 0.3 is 0 Å². The number of rotatable bonds is 2. The van der Waals surface area contributed by atoms with Gasteiger partial charge in [-0.1, -0.05) is 12.1 Å². The molecule has 0 atom stereocenters. The number of nitrogens with zero attached hydrogens (tertiary/aromatic N) is 2. The Hall–Kier alpha value is -2.10. The van der Waals surface area contributed by atoms with Crippen molar-refractivity contribution in [2.24, 2.45) is 0 Å². The van der Waals surface area contributed by atoms with Gasteiger partial charge in [0.1, 0.15) is 17.3 Å². The molecule has 0 fully saturated rings. The molecule has 1 aromatic heterocycles. The highest BCUT2D eigenvalue weighted by Gasteiger charge is 2.20. The molecule has 1 aromatic carbocycles. The Morgan fingerprint density at radius 2 is 2.16 bits per heavy atom. The maximum absolute atomic E-state index is 11.1. The Morgan fingerprint density at radius 1 is 1.32 bits per heavy atom. The fourth-order valence-electron chi connectivity index (χ4n) is 2.50. The van der Waals surface area contributed by atoms with Crippen LogP contribution in [-0.4, -0.2) is 22.4 Å². The van der Waals surface area contributed by atoms with Crippen molar-refractivity contribution in [1.29, 1.82) is 0 Å². The lowest BCUT2D eigenvalue weighted by molar-refractivity contribution is 0.112. The van der Waals surface area contributed by atoms with Crippen LogP contribution in [0.25, 0.3) is 11.4 Å². The van der Waals surface area contributed by atoms with Crippen molar-refractivity contribution in [2.75, 3.05) is 11.9 Å². The van der Waals surface area contributed by atoms with E-state index in [9.17, 15) is 4.79 Å². The molecule has 19 heavy (non-hydrogen) atoms. The van der Waals surface area contributed by atoms with Crippen LogP contribution in [0.4, 0.5) is 5.82 Å². The van der Waals surface area contributed by atoms with Crippen LogP contribution in [-0.2, 0) is 6.54 Å². The topological polar surface area (TPSA) is 46.9 Å². The molecule has 2 aromatic rings. The Bertz CT molecular complexity index is 643. The third kappa shape index (κ3) is 1.93. The Labute approximate surface area is 112 Å². The first-order chi connectivity index (χ1) is 9.20. The monoisotopic (exact) mass is 255 g/mol. The quantitative estimate of drug-likeness (QED) is 0.839. The minimum atomic E-state index is 0.507. The number of imidazole rings is 1. The summed E-state index contributed by atoms with van der Waals surface area (Å²) in [6.45, 7) is 6.00. The van der Waals surface area contributed by atoms with Gasteiger partial charge in [0.25, 0.3) is 0 Å². The molecule has 4 nitrogen and oxygen atoms in total. The molecule has 98 valence electrons. The van der Waals surface area contributed by atoms with E-state index in [4.69, 9.17) is 0 Å². The van der Waals surface area contributed by atoms with Crippen LogP contribution in [0.5, 0.6) is 0 Å². The largest absolute Gasteiger partial charge is 0.369 e. The lowest BCUT2D eigenvalue weighted by Crippen LogP contribution is -2.18. The number of carbonyl (C=O) groups is 1. The Morgan fingerprint density at radius 3 is 2.89 bits per heavy atom. The second-order valence-electron chi connectivity index (χ2n) is 5.02. The number of aromatic nitrogens is 2. The van der Waals surface area contributed by atoms with Crippen LogP contribution in [0.15, 0.2) is 18.2 Å². The highest BCUT2D eigenvalue weighted by Crippen LogP contribution is 2.29. The maximum Gasteiger partial charge on any atom is 0.172 e. The fraction of sp³-hybridized carbons (Fsp3) is 0.333. The average molecular weight is 255 g/mol. The highest BCUT2D eigenvalue weighted by molar-refractivity contribution is 5.83. The number of hydrogen-bond acceptors (Lipinski definition) is 3. The number of fused-ring (bicyclic) bond motifs is 1. The summed E-state index contributed by atoms with van der Waals surface area (Å²) in [4.78, 5) is 15.6. The fourth-order valence-corrected chi connectivity index (χ4v) is 2.50. The molecule has 0 unspecified atom stereocenters. The van der Waals surface area contributed by atoms with Gasteiger partial charge < -0.3 is 9.88 Å². The average Bonchev–Trinajstić information content (AvgIpc) is 2.81. The van der Waals surface area contributed by atoms with Crippen LogP contribution in [0.2, 0.25) is 0 Å². The van der Waals surface area contributed by atoms with Crippen LogP contribution in [0.3, 0.4) is 0 Å². The molecule has 0 bridgehead atoms. The lowest BCUT2D eigenvalue weighted by Gasteiger charge is -2.18. The van der Waals surface area contributed by atoms with E-state index in [1.54, 1.807) is 0 Å². The van der Waals surface area contributed by atoms with Gasteiger partial charge in [-0.3, -0.25) is 4.79 Å². The van der Waals surface area contributed by atoms with Gasteiger partial charge in [-0.25, -0.2) is 4.98 Å². The molecule has 0 saturated carbocycles. The molecule has 4 heteroatoms. The van der Waals surface area contributed by atoms with Gasteiger partial charge in [0.05, 0.1) is 0 Å². The van der Waals surface area contributed by atoms with Crippen molar-refractivity contribution in [3.8, 4) is 11.4 Å². The van der Waals surface area contributed by atoms with Crippen molar-refractivity contribution in [2.45, 2.75) is 26.8 Å². The van der Waals surface area contributed by atoms with Crippen LogP contribution in [0.1, 0.15) is 28.0 Å². The molecule has 3 rings (SSSR count). The van der Waals surface area contributed by atoms with Crippen LogP contribution < -0.4 is 5.32 Å². The summed E-state index contributed by atoms with van der Waals surface area (Å²) in [7, 11) is 0. The maximum atomic E-state index is 11.1. The highest BCUT2D eigenvalue weighted by atomic mass is 16.1. The van der Waals surface area contributed by atoms with E-state index in [0.29, 0.717) is 5.69 Å². The molecule has 0 amide bonds. The zero-order chi connectivity index (χ0) is 13.4. The van der Waals surface area contributed by atoms with E-state index < -0.39 is 0 Å². The van der Waals surface area contributed by atoms with E-state index >= 15 is 0 Å². The zero-order valence-electron chi connectivity index (χ0n) is 11.2. The predicted octanol–water partition coefficient (Wildman–Crippen LogP) is 2.80. The number of anilines is 1. The van der Waals surface area contributed by atoms with Crippen LogP contribution >= 0.6 is 0 Å². The predicted molar refractivity (Wildman–Crippen MR) is 75.6 cm³/mol. The first kappa shape index (κ1) is 12.0. The van der Waals surface area contributed by atoms with E-state index in [2.05, 4.69) is 46.9 Å². The first-order valence-corrected chi connectivity index (χ1v) is 6.58. The van der Waals surface area contributed by atoms with Crippen molar-refractivity contribution >= 4 is 12.1 Å². The molecule has 1 aliphatic heterocycles. The first-order valence-electron chi connectivity index (χ1n) is 6.58. The minimum absolute atomic E-state index is 0.507. The lowest BCUT2D eigenvalue weighted by atomic mass is 10.1. The third-order valence-electron chi connectivity index (χ3n) is 3.72. The van der Waals surface area contributed by atoms with Crippen molar-refractivity contribution in [3.05, 3.63) is 35.0 Å². The number of aldehydes is 1. The van der Waals surface area contributed by atoms with E-state index in [1.807, 2.05) is 0 Å². The van der Waals surface area contributed by atoms with Gasteiger partial charge in [-0.05, 0) is 37.5 Å². The van der Waals surface area contributed by atoms with Gasteiger partial charge in [-0.2, -0.15) is 0 Å². The zero-order valence-corrected chi connectivity index (χ0v) is 11.2. The normalized spacial score (nSPS) is 13.8. The Kier molecular flexibility index (Phi) is 2.85. The summed E-state index contributed by atoms with van der Waals surface area (Å²) in [6.07, 6.45) is 1.88. The molecule has 0 radical (unpaired) electrons. The second-order valence-corrected chi connectivity index (χ2v) is 5.02. The minimum Gasteiger partial charge on any atom is -0.369 e. The molecule has 1 N–H and O–H groups in total. The van der Waals surface area contributed by atoms with Gasteiger partial charge in [0.15, 0.2) is 6.29 Å². The van der Waals surface area contributed by atoms with Crippen molar-refractivity contribution in [1.82, 2.24) is 9.55 Å². The summed E-state index contributed by atoms with van der Waals surface area (Å²) >= 11 is 0. The van der Waals surface area contributed by atoms with Gasteiger partial charge in [0.2, 0.25) is 0 Å². The molecule has 0 saturated heterocycles. The third-order valence-corrected chi connectivity index (χ3v) is 3.72. The number of carbonyl (C=O) groups excluding carboxylic acids is 1. The molecule has 2 heterocycles. The standard InChI is InChI=1S/C15H17N3O/c1-10-4-5-12(8-11(10)2)14-17-13(9-19)15-16-6-3-7-18(14)15/h4-5,8-9,16H,3,6-7H2,1-2H3. The van der Waals surface area contributed by atoms with Crippen molar-refractivity contribution in [3.63, 3.8) is 0 Å². The number of hydrogen-bond donors (Lipinski definition) is 1. The summed E-state index contributed by atoms with van der Waals surface area (Å²) in [5, 5.41) is 3.27. The number of aryl methyl sites for hydroxylation is 2. The summed E-state index contributed by atoms with van der Waals surface area (Å²) < 4.78 is 2.11. The van der Waals surface area contributed by atoms with E-state index in [0.717, 1.165) is 43.0 Å². The summed E-state index contributed by atoms with van der Waals surface area (Å²) in [5.41, 5.74) is 4.09. The smallest absolute Gasteiger partial charge is 0.172 e. The summed E-state index contributed by atoms with van der Waals surface area (Å²) in [5.74, 6) is 1.74. The molecular formula is C15H17N3O. The molecular weight excluding hydrogens is 238 g/mol. The van der Waals surface area contributed by atoms with Gasteiger partial charge in [0, 0.05) is 18.7 Å². The van der Waals surface area contributed by atoms with E-state index in [1.165, 1.54) is 11.1 Å². The molecule has 0 aliphatic carbocycles. The second kappa shape index (κ2) is 4.53. The summed E-state index contributed by atoms with van der Waals surface area (Å²) in [6, 6.07) is 6.30. The molecule has 1 aliphatic rings. The van der Waals surface area contributed by atoms with Crippen LogP contribution in [0, 0.1) is 13.8 Å². The molecule has 0 spiro atoms. The van der Waals surface area contributed by atoms with Crippen molar-refractivity contribution < 1.29 is 4.79 Å². The Balaban J connectivity index is 2.16. The van der Waals surface area contributed by atoms with E-state index in [-0.39, 0.29) is 0 Å². The van der Waals surface area contributed by atoms with Gasteiger partial charge in [-0.15, -0.1) is 0 Å². The number of nitrogens with one attached hydrogen (secondary N) is 1. The number of benzene rings is 1. The SMILES string of the molecule is Cc1ccc(-c2nc(C=O)c3n2CCCN3)cc1C.